The third kappa shape index (κ3) is 3.63. The van der Waals surface area contributed by atoms with E-state index in [9.17, 15) is 14.9 Å². The molecule has 0 fully saturated rings. The molecule has 2 heterocycles. The van der Waals surface area contributed by atoms with Gasteiger partial charge in [0, 0.05) is 24.0 Å². The molecular weight excluding hydrogens is 328 g/mol. The third-order valence-corrected chi connectivity index (χ3v) is 4.59. The average Bonchev–Trinajstić information content (AvgIpc) is 2.59. The number of methoxy groups -OCH3 is 1. The SMILES string of the molecule is COC(=O)C1C(C)=NC(SCC(N)=O)=C(C#N)[C@H]1c1cccnc1. The van der Waals surface area contributed by atoms with Crippen LogP contribution in [0.25, 0.3) is 0 Å². The number of ether oxygens (including phenoxy) is 1. The number of rotatable bonds is 5. The lowest BCUT2D eigenvalue weighted by Crippen LogP contribution is -2.33. The van der Waals surface area contributed by atoms with Crippen molar-refractivity contribution in [2.45, 2.75) is 12.8 Å². The van der Waals surface area contributed by atoms with Gasteiger partial charge in [-0.3, -0.25) is 14.6 Å². The lowest BCUT2D eigenvalue weighted by atomic mass is 9.78. The van der Waals surface area contributed by atoms with Crippen LogP contribution in [0, 0.1) is 17.2 Å². The van der Waals surface area contributed by atoms with Gasteiger partial charge in [-0.2, -0.15) is 5.26 Å². The molecule has 0 radical (unpaired) electrons. The van der Waals surface area contributed by atoms with Crippen molar-refractivity contribution in [2.75, 3.05) is 12.9 Å². The normalized spacial score (nSPS) is 20.1. The van der Waals surface area contributed by atoms with Crippen LogP contribution in [-0.4, -0.2) is 35.4 Å². The zero-order valence-corrected chi connectivity index (χ0v) is 14.0. The number of nitriles is 1. The van der Waals surface area contributed by atoms with Crippen molar-refractivity contribution < 1.29 is 14.3 Å². The molecule has 1 amide bonds. The van der Waals surface area contributed by atoms with Crippen molar-refractivity contribution in [3.8, 4) is 6.07 Å². The molecule has 124 valence electrons. The molecule has 1 aromatic heterocycles. The zero-order chi connectivity index (χ0) is 17.7. The second kappa shape index (κ2) is 7.75. The Morgan fingerprint density at radius 2 is 2.25 bits per heavy atom. The van der Waals surface area contributed by atoms with Gasteiger partial charge in [0.05, 0.1) is 24.5 Å². The van der Waals surface area contributed by atoms with Crippen LogP contribution in [0.1, 0.15) is 18.4 Å². The molecule has 1 unspecified atom stereocenters. The summed E-state index contributed by atoms with van der Waals surface area (Å²) < 4.78 is 4.89. The average molecular weight is 344 g/mol. The highest BCUT2D eigenvalue weighted by atomic mass is 32.2. The molecule has 1 aliphatic rings. The molecule has 1 aliphatic heterocycles. The quantitative estimate of drug-likeness (QED) is 0.806. The predicted octanol–water partition coefficient (Wildman–Crippen LogP) is 1.38. The van der Waals surface area contributed by atoms with Crippen molar-refractivity contribution in [1.29, 1.82) is 5.26 Å². The van der Waals surface area contributed by atoms with Gasteiger partial charge in [0.15, 0.2) is 0 Å². The van der Waals surface area contributed by atoms with Gasteiger partial charge < -0.3 is 10.5 Å². The molecule has 1 aromatic rings. The number of aromatic nitrogens is 1. The van der Waals surface area contributed by atoms with E-state index in [0.717, 1.165) is 11.8 Å². The molecule has 2 N–H and O–H groups in total. The Labute approximate surface area is 143 Å². The Kier molecular flexibility index (Phi) is 5.71. The molecule has 0 spiro atoms. The predicted molar refractivity (Wildman–Crippen MR) is 89.9 cm³/mol. The highest BCUT2D eigenvalue weighted by molar-refractivity contribution is 8.03. The van der Waals surface area contributed by atoms with E-state index in [1.54, 1.807) is 31.5 Å². The summed E-state index contributed by atoms with van der Waals surface area (Å²) >= 11 is 1.08. The maximum atomic E-state index is 12.3. The van der Waals surface area contributed by atoms with Gasteiger partial charge in [-0.15, -0.1) is 0 Å². The molecule has 0 bridgehead atoms. The minimum absolute atomic E-state index is 0.0000557. The van der Waals surface area contributed by atoms with Crippen LogP contribution in [-0.2, 0) is 14.3 Å². The number of pyridine rings is 1. The van der Waals surface area contributed by atoms with E-state index in [1.165, 1.54) is 7.11 Å². The number of primary amides is 1. The summed E-state index contributed by atoms with van der Waals surface area (Å²) in [5.74, 6) is -2.27. The van der Waals surface area contributed by atoms with Crippen LogP contribution in [0.5, 0.6) is 0 Å². The highest BCUT2D eigenvalue weighted by Gasteiger charge is 2.40. The summed E-state index contributed by atoms with van der Waals surface area (Å²) in [6.45, 7) is 1.70. The summed E-state index contributed by atoms with van der Waals surface area (Å²) in [7, 11) is 1.29. The second-order valence-electron chi connectivity index (χ2n) is 5.10. The summed E-state index contributed by atoms with van der Waals surface area (Å²) in [4.78, 5) is 31.7. The van der Waals surface area contributed by atoms with E-state index in [4.69, 9.17) is 10.5 Å². The van der Waals surface area contributed by atoms with Gasteiger partial charge in [0.1, 0.15) is 10.9 Å². The fraction of sp³-hybridized carbons (Fsp3) is 0.312. The van der Waals surface area contributed by atoms with Crippen molar-refractivity contribution in [2.24, 2.45) is 16.6 Å². The van der Waals surface area contributed by atoms with E-state index in [-0.39, 0.29) is 5.75 Å². The summed E-state index contributed by atoms with van der Waals surface area (Å²) in [6.07, 6.45) is 3.21. The number of allylic oxidation sites excluding steroid dienone is 1. The third-order valence-electron chi connectivity index (χ3n) is 3.57. The first-order valence-electron chi connectivity index (χ1n) is 7.07. The number of aliphatic imine (C=N–C) groups is 1. The maximum Gasteiger partial charge on any atom is 0.315 e. The van der Waals surface area contributed by atoms with Gasteiger partial charge >= 0.3 is 5.97 Å². The van der Waals surface area contributed by atoms with E-state index >= 15 is 0 Å². The Balaban J connectivity index is 2.56. The lowest BCUT2D eigenvalue weighted by molar-refractivity contribution is -0.143. The lowest BCUT2D eigenvalue weighted by Gasteiger charge is -2.29. The minimum atomic E-state index is -0.716. The van der Waals surface area contributed by atoms with Gasteiger partial charge in [-0.25, -0.2) is 4.99 Å². The standard InChI is InChI=1S/C16H16N4O3S/c1-9-13(16(22)23-2)14(10-4-3-5-19-7-10)11(6-17)15(20-9)24-8-12(18)21/h3-5,7,13-14H,8H2,1-2H3,(H2,18,21)/t13?,14-/m1/s1. The fourth-order valence-electron chi connectivity index (χ4n) is 2.55. The van der Waals surface area contributed by atoms with Crippen LogP contribution in [0.4, 0.5) is 0 Å². The largest absolute Gasteiger partial charge is 0.468 e. The Bertz CT molecular complexity index is 752. The first-order valence-corrected chi connectivity index (χ1v) is 8.06. The molecular formula is C16H16N4O3S. The molecule has 8 heteroatoms. The number of amides is 1. The van der Waals surface area contributed by atoms with Crippen LogP contribution < -0.4 is 5.73 Å². The van der Waals surface area contributed by atoms with Gasteiger partial charge in [-0.05, 0) is 18.6 Å². The molecule has 0 saturated heterocycles. The van der Waals surface area contributed by atoms with Crippen LogP contribution >= 0.6 is 11.8 Å². The van der Waals surface area contributed by atoms with Crippen LogP contribution in [0.3, 0.4) is 0 Å². The summed E-state index contributed by atoms with van der Waals surface area (Å²) in [5, 5.41) is 10.0. The van der Waals surface area contributed by atoms with Crippen LogP contribution in [0.2, 0.25) is 0 Å². The minimum Gasteiger partial charge on any atom is -0.468 e. The van der Waals surface area contributed by atoms with E-state index in [1.807, 2.05) is 0 Å². The van der Waals surface area contributed by atoms with Crippen LogP contribution in [0.15, 0.2) is 40.1 Å². The van der Waals surface area contributed by atoms with Gasteiger partial charge in [0.2, 0.25) is 5.91 Å². The van der Waals surface area contributed by atoms with Crippen molar-refractivity contribution in [3.05, 3.63) is 40.7 Å². The van der Waals surface area contributed by atoms with Gasteiger partial charge in [-0.1, -0.05) is 17.8 Å². The number of carbonyl (C=O) groups excluding carboxylic acids is 2. The molecule has 24 heavy (non-hydrogen) atoms. The fourth-order valence-corrected chi connectivity index (χ4v) is 3.37. The maximum absolute atomic E-state index is 12.3. The number of thioether (sulfide) groups is 1. The second-order valence-corrected chi connectivity index (χ2v) is 6.07. The number of nitrogens with two attached hydrogens (primary N) is 1. The highest BCUT2D eigenvalue weighted by Crippen LogP contribution is 2.41. The first kappa shape index (κ1) is 17.7. The number of carbonyl (C=O) groups is 2. The Morgan fingerprint density at radius 1 is 1.50 bits per heavy atom. The number of hydrogen-bond acceptors (Lipinski definition) is 7. The van der Waals surface area contributed by atoms with Crippen molar-refractivity contribution >= 4 is 29.4 Å². The Hall–Kier alpha value is -2.66. The van der Waals surface area contributed by atoms with E-state index in [0.29, 0.717) is 21.9 Å². The number of esters is 1. The molecule has 7 nitrogen and oxygen atoms in total. The number of nitrogens with zero attached hydrogens (tertiary/aromatic N) is 3. The Morgan fingerprint density at radius 3 is 2.79 bits per heavy atom. The molecule has 2 atom stereocenters. The topological polar surface area (TPSA) is 118 Å². The van der Waals surface area contributed by atoms with E-state index < -0.39 is 23.7 Å². The summed E-state index contributed by atoms with van der Waals surface area (Å²) in [5.41, 5.74) is 6.70. The van der Waals surface area contributed by atoms with Gasteiger partial charge in [0.25, 0.3) is 0 Å². The molecule has 2 rings (SSSR count). The smallest absolute Gasteiger partial charge is 0.315 e. The molecule has 0 saturated carbocycles. The number of hydrogen-bond donors (Lipinski definition) is 1. The van der Waals surface area contributed by atoms with Crippen molar-refractivity contribution in [3.63, 3.8) is 0 Å². The summed E-state index contributed by atoms with van der Waals surface area (Å²) in [6, 6.07) is 5.64. The van der Waals surface area contributed by atoms with Crippen molar-refractivity contribution in [1.82, 2.24) is 4.98 Å². The molecule has 0 aromatic carbocycles. The molecule has 0 aliphatic carbocycles. The first-order chi connectivity index (χ1) is 11.5. The zero-order valence-electron chi connectivity index (χ0n) is 13.2. The monoisotopic (exact) mass is 344 g/mol. The van der Waals surface area contributed by atoms with E-state index in [2.05, 4.69) is 16.0 Å².